The van der Waals surface area contributed by atoms with E-state index < -0.39 is 5.63 Å². The summed E-state index contributed by atoms with van der Waals surface area (Å²) < 4.78 is 11.2. The molecular formula is C19H19NO4. The monoisotopic (exact) mass is 325 g/mol. The van der Waals surface area contributed by atoms with Crippen LogP contribution in [0.3, 0.4) is 0 Å². The number of ether oxygens (including phenoxy) is 1. The maximum Gasteiger partial charge on any atom is 0.344 e. The number of hydrogen-bond donors (Lipinski definition) is 1. The summed E-state index contributed by atoms with van der Waals surface area (Å²) in [5, 5.41) is 4.72. The molecule has 0 aliphatic heterocycles. The molecule has 1 heterocycles. The lowest BCUT2D eigenvalue weighted by Crippen LogP contribution is -2.09. The lowest BCUT2D eigenvalue weighted by atomic mass is 10.1. The first-order valence-corrected chi connectivity index (χ1v) is 7.93. The molecule has 24 heavy (non-hydrogen) atoms. The fourth-order valence-corrected chi connectivity index (χ4v) is 2.58. The van der Waals surface area contributed by atoms with E-state index in [1.54, 1.807) is 18.2 Å². The number of hydrogen-bond acceptors (Lipinski definition) is 4. The fourth-order valence-electron chi connectivity index (χ4n) is 2.58. The maximum absolute atomic E-state index is 12.3. The maximum atomic E-state index is 12.3. The summed E-state index contributed by atoms with van der Waals surface area (Å²) >= 11 is 0. The van der Waals surface area contributed by atoms with Crippen LogP contribution < -0.4 is 15.7 Å². The molecule has 1 amide bonds. The number of carbonyl (C=O) groups excluding carboxylic acids is 1. The average Bonchev–Trinajstić information content (AvgIpc) is 2.54. The van der Waals surface area contributed by atoms with E-state index in [2.05, 4.69) is 5.32 Å². The molecule has 1 atom stereocenters. The summed E-state index contributed by atoms with van der Waals surface area (Å²) in [6, 6.07) is 10.7. The Hall–Kier alpha value is -2.82. The number of amides is 1. The van der Waals surface area contributed by atoms with E-state index >= 15 is 0 Å². The van der Waals surface area contributed by atoms with Crippen molar-refractivity contribution in [2.45, 2.75) is 33.3 Å². The van der Waals surface area contributed by atoms with Crippen molar-refractivity contribution < 1.29 is 13.9 Å². The number of rotatable bonds is 4. The third kappa shape index (κ3) is 3.11. The van der Waals surface area contributed by atoms with Crippen LogP contribution in [0.25, 0.3) is 21.7 Å². The summed E-state index contributed by atoms with van der Waals surface area (Å²) in [6.45, 7) is 5.46. The normalized spacial score (nSPS) is 12.3. The van der Waals surface area contributed by atoms with Crippen molar-refractivity contribution >= 4 is 33.3 Å². The molecule has 3 aromatic rings. The van der Waals surface area contributed by atoms with Gasteiger partial charge in [0.15, 0.2) is 0 Å². The predicted octanol–water partition coefficient (Wildman–Crippen LogP) is 4.08. The molecule has 5 heteroatoms. The molecule has 0 fully saturated rings. The molecule has 124 valence electrons. The molecule has 1 N–H and O–H groups in total. The minimum Gasteiger partial charge on any atom is -0.491 e. The highest BCUT2D eigenvalue weighted by Gasteiger charge is 2.10. The standard InChI is InChI=1S/C19H19NO4/c1-4-11(2)23-14-6-8-16-15-7-5-13(20-12(3)21)9-17(15)19(22)24-18(16)10-14/h5-11H,4H2,1-3H3,(H,20,21). The van der Waals surface area contributed by atoms with Gasteiger partial charge < -0.3 is 14.5 Å². The third-order valence-corrected chi connectivity index (χ3v) is 3.92. The van der Waals surface area contributed by atoms with E-state index in [-0.39, 0.29) is 12.0 Å². The highest BCUT2D eigenvalue weighted by molar-refractivity contribution is 6.06. The van der Waals surface area contributed by atoms with Crippen LogP contribution in [0, 0.1) is 0 Å². The second kappa shape index (κ2) is 6.35. The van der Waals surface area contributed by atoms with E-state index in [0.717, 1.165) is 17.2 Å². The van der Waals surface area contributed by atoms with Gasteiger partial charge in [-0.05, 0) is 37.6 Å². The Kier molecular flexibility index (Phi) is 4.25. The summed E-state index contributed by atoms with van der Waals surface area (Å²) in [5.74, 6) is 0.487. The van der Waals surface area contributed by atoms with Crippen LogP contribution in [0.15, 0.2) is 45.6 Å². The van der Waals surface area contributed by atoms with Crippen LogP contribution in [0.4, 0.5) is 5.69 Å². The van der Waals surface area contributed by atoms with Crippen molar-refractivity contribution in [1.82, 2.24) is 0 Å². The van der Waals surface area contributed by atoms with Crippen LogP contribution in [0.2, 0.25) is 0 Å². The fraction of sp³-hybridized carbons (Fsp3) is 0.263. The smallest absolute Gasteiger partial charge is 0.344 e. The Labute approximate surface area is 139 Å². The van der Waals surface area contributed by atoms with Gasteiger partial charge in [0.05, 0.1) is 11.5 Å². The van der Waals surface area contributed by atoms with Gasteiger partial charge in [0.25, 0.3) is 0 Å². The van der Waals surface area contributed by atoms with Crippen molar-refractivity contribution in [3.63, 3.8) is 0 Å². The highest BCUT2D eigenvalue weighted by Crippen LogP contribution is 2.28. The second-order valence-corrected chi connectivity index (χ2v) is 5.83. The molecule has 0 radical (unpaired) electrons. The summed E-state index contributed by atoms with van der Waals surface area (Å²) in [7, 11) is 0. The van der Waals surface area contributed by atoms with Gasteiger partial charge in [0.2, 0.25) is 5.91 Å². The minimum atomic E-state index is -0.439. The van der Waals surface area contributed by atoms with Crippen molar-refractivity contribution in [3.05, 3.63) is 46.8 Å². The Morgan fingerprint density at radius 1 is 1.17 bits per heavy atom. The first-order valence-electron chi connectivity index (χ1n) is 7.93. The molecule has 1 aromatic heterocycles. The van der Waals surface area contributed by atoms with Crippen molar-refractivity contribution in [3.8, 4) is 5.75 Å². The van der Waals surface area contributed by atoms with Gasteiger partial charge in [0, 0.05) is 29.4 Å². The predicted molar refractivity (Wildman–Crippen MR) is 94.7 cm³/mol. The van der Waals surface area contributed by atoms with Crippen LogP contribution in [-0.4, -0.2) is 12.0 Å². The van der Waals surface area contributed by atoms with Gasteiger partial charge in [-0.2, -0.15) is 0 Å². The van der Waals surface area contributed by atoms with E-state index in [1.165, 1.54) is 6.92 Å². The zero-order valence-corrected chi connectivity index (χ0v) is 13.9. The second-order valence-electron chi connectivity index (χ2n) is 5.83. The molecular weight excluding hydrogens is 306 g/mol. The Morgan fingerprint density at radius 2 is 1.92 bits per heavy atom. The first-order chi connectivity index (χ1) is 11.5. The van der Waals surface area contributed by atoms with Gasteiger partial charge in [0.1, 0.15) is 11.3 Å². The number of anilines is 1. The molecule has 3 rings (SSSR count). The van der Waals surface area contributed by atoms with Crippen LogP contribution in [-0.2, 0) is 4.79 Å². The molecule has 0 spiro atoms. The quantitative estimate of drug-likeness (QED) is 0.579. The number of benzene rings is 2. The number of fused-ring (bicyclic) bond motifs is 3. The summed E-state index contributed by atoms with van der Waals surface area (Å²) in [6.07, 6.45) is 0.987. The largest absolute Gasteiger partial charge is 0.491 e. The molecule has 2 aromatic carbocycles. The Bertz CT molecular complexity index is 974. The van der Waals surface area contributed by atoms with E-state index in [1.807, 2.05) is 32.0 Å². The van der Waals surface area contributed by atoms with E-state index in [4.69, 9.17) is 9.15 Å². The average molecular weight is 325 g/mol. The first kappa shape index (κ1) is 16.1. The molecule has 0 bridgehead atoms. The Morgan fingerprint density at radius 3 is 2.62 bits per heavy atom. The van der Waals surface area contributed by atoms with Gasteiger partial charge in [-0.15, -0.1) is 0 Å². The Balaban J connectivity index is 2.13. The van der Waals surface area contributed by atoms with Gasteiger partial charge in [-0.1, -0.05) is 13.0 Å². The molecule has 0 saturated carbocycles. The molecule has 0 aliphatic rings. The van der Waals surface area contributed by atoms with Crippen LogP contribution in [0.1, 0.15) is 27.2 Å². The summed E-state index contributed by atoms with van der Waals surface area (Å²) in [5.41, 5.74) is 0.615. The lowest BCUT2D eigenvalue weighted by Gasteiger charge is -2.13. The lowest BCUT2D eigenvalue weighted by molar-refractivity contribution is -0.114. The van der Waals surface area contributed by atoms with E-state index in [9.17, 15) is 9.59 Å². The van der Waals surface area contributed by atoms with Crippen molar-refractivity contribution in [1.29, 1.82) is 0 Å². The third-order valence-electron chi connectivity index (χ3n) is 3.92. The van der Waals surface area contributed by atoms with Crippen molar-refractivity contribution in [2.24, 2.45) is 0 Å². The molecule has 0 saturated heterocycles. The zero-order valence-electron chi connectivity index (χ0n) is 13.9. The number of nitrogens with one attached hydrogen (secondary N) is 1. The van der Waals surface area contributed by atoms with Gasteiger partial charge >= 0.3 is 5.63 Å². The van der Waals surface area contributed by atoms with Gasteiger partial charge in [-0.25, -0.2) is 4.79 Å². The van der Waals surface area contributed by atoms with E-state index in [0.29, 0.717) is 22.4 Å². The van der Waals surface area contributed by atoms with Crippen LogP contribution in [0.5, 0.6) is 5.75 Å². The molecule has 1 unspecified atom stereocenters. The topological polar surface area (TPSA) is 68.5 Å². The van der Waals surface area contributed by atoms with Crippen molar-refractivity contribution in [2.75, 3.05) is 5.32 Å². The highest BCUT2D eigenvalue weighted by atomic mass is 16.5. The minimum absolute atomic E-state index is 0.0924. The number of carbonyl (C=O) groups is 1. The molecule has 5 nitrogen and oxygen atoms in total. The van der Waals surface area contributed by atoms with Crippen LogP contribution >= 0.6 is 0 Å². The van der Waals surface area contributed by atoms with Gasteiger partial charge in [-0.3, -0.25) is 4.79 Å². The summed E-state index contributed by atoms with van der Waals surface area (Å²) in [4.78, 5) is 23.5. The zero-order chi connectivity index (χ0) is 17.3. The SMILES string of the molecule is CCC(C)Oc1ccc2c(c1)oc(=O)c1cc(NC(C)=O)ccc12. The molecule has 0 aliphatic carbocycles.